The number of benzene rings is 1. The molecule has 2 aromatic rings. The molecule has 1 amide bonds. The average molecular weight is 417 g/mol. The van der Waals surface area contributed by atoms with E-state index >= 15 is 0 Å². The number of piperazine rings is 2. The molecule has 7 nitrogen and oxygen atoms in total. The van der Waals surface area contributed by atoms with Crippen LogP contribution in [-0.2, 0) is 11.3 Å². The normalized spacial score (nSPS) is 18.8. The Morgan fingerprint density at radius 3 is 2.34 bits per heavy atom. The van der Waals surface area contributed by atoms with Gasteiger partial charge in [0.1, 0.15) is 6.54 Å². The first kappa shape index (κ1) is 20.1. The quantitative estimate of drug-likeness (QED) is 0.640. The fraction of sp³-hybridized carbons (Fsp3) is 0.476. The van der Waals surface area contributed by atoms with E-state index in [2.05, 4.69) is 20.9 Å². The Kier molecular flexibility index (Phi) is 6.59. The summed E-state index contributed by atoms with van der Waals surface area (Å²) in [5.74, 6) is 1.07. The molecule has 0 saturated carbocycles. The standard InChI is InChI=1S/C21H27ClN6O/c22-19-4-1-3-18(15-19)16-25-7-11-27(12-8-25)20(29)17-26-9-13-28(14-10-26)21-23-5-2-6-24-21/h1-6,15H,7-14,16-17H2/p+2. The zero-order valence-corrected chi connectivity index (χ0v) is 17.4. The van der Waals surface area contributed by atoms with E-state index < -0.39 is 0 Å². The molecule has 0 aliphatic carbocycles. The molecular weight excluding hydrogens is 388 g/mol. The summed E-state index contributed by atoms with van der Waals surface area (Å²) in [6.07, 6.45) is 3.55. The van der Waals surface area contributed by atoms with Gasteiger partial charge >= 0.3 is 0 Å². The molecule has 0 spiro atoms. The lowest BCUT2D eigenvalue weighted by atomic mass is 10.2. The molecule has 0 bridgehead atoms. The predicted octanol–water partition coefficient (Wildman–Crippen LogP) is -1.24. The summed E-state index contributed by atoms with van der Waals surface area (Å²) in [5.41, 5.74) is 1.26. The average Bonchev–Trinajstić information content (AvgIpc) is 2.75. The Morgan fingerprint density at radius 2 is 1.66 bits per heavy atom. The van der Waals surface area contributed by atoms with Crippen LogP contribution in [0.25, 0.3) is 0 Å². The van der Waals surface area contributed by atoms with E-state index in [1.165, 1.54) is 15.4 Å². The molecule has 2 aliphatic rings. The van der Waals surface area contributed by atoms with Crippen LogP contribution in [0.1, 0.15) is 5.56 Å². The molecule has 154 valence electrons. The summed E-state index contributed by atoms with van der Waals surface area (Å²) in [7, 11) is 0. The van der Waals surface area contributed by atoms with E-state index in [1.807, 2.05) is 29.2 Å². The van der Waals surface area contributed by atoms with Crippen molar-refractivity contribution >= 4 is 23.5 Å². The Bertz CT molecular complexity index is 804. The number of nitrogens with one attached hydrogen (secondary N) is 2. The van der Waals surface area contributed by atoms with Gasteiger partial charge in [-0.2, -0.15) is 0 Å². The maximum atomic E-state index is 12.8. The second kappa shape index (κ2) is 9.52. The van der Waals surface area contributed by atoms with Crippen molar-refractivity contribution in [2.75, 3.05) is 63.8 Å². The van der Waals surface area contributed by atoms with Gasteiger partial charge in [-0.3, -0.25) is 4.79 Å². The zero-order valence-electron chi connectivity index (χ0n) is 16.7. The molecule has 4 rings (SSSR count). The Labute approximate surface area is 176 Å². The number of amides is 1. The number of anilines is 1. The molecule has 2 N–H and O–H groups in total. The van der Waals surface area contributed by atoms with Crippen molar-refractivity contribution in [2.45, 2.75) is 6.54 Å². The van der Waals surface area contributed by atoms with E-state index in [0.29, 0.717) is 6.54 Å². The van der Waals surface area contributed by atoms with Gasteiger partial charge in [-0.15, -0.1) is 0 Å². The van der Waals surface area contributed by atoms with Crippen molar-refractivity contribution in [2.24, 2.45) is 0 Å². The van der Waals surface area contributed by atoms with E-state index in [9.17, 15) is 4.79 Å². The minimum atomic E-state index is 0.284. The first-order chi connectivity index (χ1) is 14.2. The third-order valence-electron chi connectivity index (χ3n) is 5.87. The molecule has 29 heavy (non-hydrogen) atoms. The summed E-state index contributed by atoms with van der Waals surface area (Å²) in [6.45, 7) is 8.91. The lowest BCUT2D eigenvalue weighted by molar-refractivity contribution is -0.918. The van der Waals surface area contributed by atoms with E-state index in [-0.39, 0.29) is 5.91 Å². The van der Waals surface area contributed by atoms with Gasteiger partial charge in [0.2, 0.25) is 5.95 Å². The third kappa shape index (κ3) is 5.44. The number of halogens is 1. The molecule has 2 aliphatic heterocycles. The topological polar surface area (TPSA) is 58.2 Å². The number of quaternary nitrogens is 2. The van der Waals surface area contributed by atoms with E-state index in [0.717, 1.165) is 69.9 Å². The first-order valence-corrected chi connectivity index (χ1v) is 10.8. The van der Waals surface area contributed by atoms with E-state index in [1.54, 1.807) is 12.4 Å². The summed E-state index contributed by atoms with van der Waals surface area (Å²) in [6, 6.07) is 9.91. The number of carbonyl (C=O) groups excluding carboxylic acids is 1. The van der Waals surface area contributed by atoms with Crippen molar-refractivity contribution < 1.29 is 14.6 Å². The van der Waals surface area contributed by atoms with Gasteiger partial charge in [-0.1, -0.05) is 23.7 Å². The lowest BCUT2D eigenvalue weighted by Crippen LogP contribution is -3.16. The third-order valence-corrected chi connectivity index (χ3v) is 6.11. The van der Waals surface area contributed by atoms with Crippen LogP contribution in [0.2, 0.25) is 5.02 Å². The molecule has 1 aromatic heterocycles. The molecule has 3 heterocycles. The highest BCUT2D eigenvalue weighted by Gasteiger charge is 2.28. The number of aromatic nitrogens is 2. The van der Waals surface area contributed by atoms with Crippen molar-refractivity contribution in [3.05, 3.63) is 53.3 Å². The van der Waals surface area contributed by atoms with Crippen molar-refractivity contribution in [1.82, 2.24) is 14.9 Å². The van der Waals surface area contributed by atoms with Crippen LogP contribution < -0.4 is 14.7 Å². The Morgan fingerprint density at radius 1 is 0.966 bits per heavy atom. The number of hydrogen-bond acceptors (Lipinski definition) is 4. The van der Waals surface area contributed by atoms with Crippen LogP contribution in [0.3, 0.4) is 0 Å². The smallest absolute Gasteiger partial charge is 0.278 e. The van der Waals surface area contributed by atoms with Gasteiger partial charge in [-0.05, 0) is 18.2 Å². The molecule has 1 aromatic carbocycles. The van der Waals surface area contributed by atoms with Crippen molar-refractivity contribution in [3.8, 4) is 0 Å². The van der Waals surface area contributed by atoms with Crippen molar-refractivity contribution in [1.29, 1.82) is 0 Å². The molecule has 0 atom stereocenters. The van der Waals surface area contributed by atoms with Crippen molar-refractivity contribution in [3.63, 3.8) is 0 Å². The van der Waals surface area contributed by atoms with Crippen LogP contribution in [0.5, 0.6) is 0 Å². The van der Waals surface area contributed by atoms with Gasteiger partial charge in [0.25, 0.3) is 5.91 Å². The second-order valence-electron chi connectivity index (χ2n) is 7.90. The van der Waals surface area contributed by atoms with Crippen LogP contribution in [-0.4, -0.2) is 79.7 Å². The van der Waals surface area contributed by atoms with Crippen LogP contribution in [0.15, 0.2) is 42.7 Å². The molecule has 0 unspecified atom stereocenters. The predicted molar refractivity (Wildman–Crippen MR) is 112 cm³/mol. The maximum Gasteiger partial charge on any atom is 0.278 e. The first-order valence-electron chi connectivity index (χ1n) is 10.4. The van der Waals surface area contributed by atoms with Gasteiger partial charge in [0.05, 0.1) is 52.4 Å². The fourth-order valence-electron chi connectivity index (χ4n) is 4.16. The highest BCUT2D eigenvalue weighted by Crippen LogP contribution is 2.09. The Hall–Kier alpha value is -2.22. The SMILES string of the molecule is O=C(C[NH+]1CCN(c2ncccn2)CC1)N1CC[NH+](Cc2cccc(Cl)c2)CC1. The minimum Gasteiger partial charge on any atom is -0.330 e. The number of carbonyl (C=O) groups is 1. The molecule has 2 saturated heterocycles. The van der Waals surface area contributed by atoms with Gasteiger partial charge in [0.15, 0.2) is 6.54 Å². The monoisotopic (exact) mass is 416 g/mol. The summed E-state index contributed by atoms with van der Waals surface area (Å²) in [4.78, 5) is 28.5. The highest BCUT2D eigenvalue weighted by atomic mass is 35.5. The number of hydrogen-bond donors (Lipinski definition) is 2. The summed E-state index contributed by atoms with van der Waals surface area (Å²) < 4.78 is 0. The minimum absolute atomic E-state index is 0.284. The largest absolute Gasteiger partial charge is 0.330 e. The summed E-state index contributed by atoms with van der Waals surface area (Å²) >= 11 is 6.09. The molecular formula is C21H29ClN6O+2. The molecule has 2 fully saturated rings. The van der Waals surface area contributed by atoms with E-state index in [4.69, 9.17) is 11.6 Å². The zero-order chi connectivity index (χ0) is 20.1. The van der Waals surface area contributed by atoms with Crippen LogP contribution in [0, 0.1) is 0 Å². The van der Waals surface area contributed by atoms with Gasteiger partial charge in [-0.25, -0.2) is 9.97 Å². The highest BCUT2D eigenvalue weighted by molar-refractivity contribution is 6.30. The lowest BCUT2D eigenvalue weighted by Gasteiger charge is -2.35. The second-order valence-corrected chi connectivity index (χ2v) is 8.34. The Balaban J connectivity index is 1.19. The number of nitrogens with zero attached hydrogens (tertiary/aromatic N) is 4. The van der Waals surface area contributed by atoms with Crippen LogP contribution in [0.4, 0.5) is 5.95 Å². The maximum absolute atomic E-state index is 12.8. The summed E-state index contributed by atoms with van der Waals surface area (Å²) in [5, 5.41) is 0.789. The number of rotatable bonds is 5. The molecule has 8 heteroatoms. The molecule has 0 radical (unpaired) electrons. The van der Waals surface area contributed by atoms with Gasteiger partial charge in [0, 0.05) is 23.0 Å². The fourth-order valence-corrected chi connectivity index (χ4v) is 4.38. The van der Waals surface area contributed by atoms with Gasteiger partial charge < -0.3 is 19.6 Å². The van der Waals surface area contributed by atoms with Crippen LogP contribution >= 0.6 is 11.6 Å².